The van der Waals surface area contributed by atoms with Gasteiger partial charge in [-0.3, -0.25) is 4.90 Å². The third-order valence-corrected chi connectivity index (χ3v) is 9.93. The van der Waals surface area contributed by atoms with Crippen LogP contribution in [0.2, 0.25) is 0 Å². The van der Waals surface area contributed by atoms with Gasteiger partial charge in [0.15, 0.2) is 0 Å². The van der Waals surface area contributed by atoms with Crippen molar-refractivity contribution >= 4 is 28.4 Å². The van der Waals surface area contributed by atoms with Crippen LogP contribution in [0.1, 0.15) is 32.1 Å². The molecule has 0 unspecified atom stereocenters. The van der Waals surface area contributed by atoms with Crippen molar-refractivity contribution in [1.29, 1.82) is 0 Å². The quantitative estimate of drug-likeness (QED) is 0.146. The largest absolute Gasteiger partial charge is 0.457 e. The van der Waals surface area contributed by atoms with E-state index in [2.05, 4.69) is 189 Å². The second-order valence-corrected chi connectivity index (χ2v) is 13.7. The maximum atomic E-state index is 6.65. The van der Waals surface area contributed by atoms with Crippen LogP contribution in [0.25, 0.3) is 0 Å². The molecule has 258 valence electrons. The summed E-state index contributed by atoms with van der Waals surface area (Å²) in [6.45, 7) is 1.50. The minimum Gasteiger partial charge on any atom is -0.457 e. The molecule has 0 spiro atoms. The molecule has 2 aliphatic heterocycles. The van der Waals surface area contributed by atoms with Crippen LogP contribution < -0.4 is 24.3 Å². The standard InChI is InChI=1S/C44H46N6O/c1-45-31-43(49(35-17-7-3-8-18-35)36-19-9-4-10-20-36)47(33-45)39-25-15-27-41(29-39)51-42-28-16-26-40(30-42)48-34-46(2)32-44(48)50(37-21-11-5-12-22-37)38-23-13-6-14-24-38/h3-5,7-12,15-22,25-32,38H,6,13-14,23-24,33-34H2,1-2H3. The van der Waals surface area contributed by atoms with Crippen LogP contribution in [0.15, 0.2) is 164 Å². The normalized spacial score (nSPS) is 16.3. The van der Waals surface area contributed by atoms with Crippen molar-refractivity contribution < 1.29 is 4.74 Å². The average Bonchev–Trinajstić information content (AvgIpc) is 3.75. The number of anilines is 5. The molecule has 0 N–H and O–H groups in total. The lowest BCUT2D eigenvalue weighted by molar-refractivity contribution is 0.427. The highest BCUT2D eigenvalue weighted by Gasteiger charge is 2.32. The lowest BCUT2D eigenvalue weighted by atomic mass is 9.93. The predicted molar refractivity (Wildman–Crippen MR) is 210 cm³/mol. The molecule has 7 heteroatoms. The van der Waals surface area contributed by atoms with E-state index in [-0.39, 0.29) is 0 Å². The van der Waals surface area contributed by atoms with Crippen molar-refractivity contribution in [2.75, 3.05) is 47.0 Å². The van der Waals surface area contributed by atoms with Gasteiger partial charge in [-0.15, -0.1) is 0 Å². The van der Waals surface area contributed by atoms with Crippen molar-refractivity contribution in [2.45, 2.75) is 38.1 Å². The number of para-hydroxylation sites is 3. The third-order valence-electron chi connectivity index (χ3n) is 9.93. The van der Waals surface area contributed by atoms with Crippen molar-refractivity contribution in [3.63, 3.8) is 0 Å². The summed E-state index contributed by atoms with van der Waals surface area (Å²) in [6, 6.07) is 49.4. The topological polar surface area (TPSA) is 28.7 Å². The molecule has 51 heavy (non-hydrogen) atoms. The lowest BCUT2D eigenvalue weighted by Crippen LogP contribution is -2.41. The monoisotopic (exact) mass is 674 g/mol. The number of benzene rings is 5. The molecule has 0 atom stereocenters. The predicted octanol–water partition coefficient (Wildman–Crippen LogP) is 10.2. The van der Waals surface area contributed by atoms with Crippen LogP contribution in [0.3, 0.4) is 0 Å². The molecule has 3 aliphatic rings. The van der Waals surface area contributed by atoms with Crippen LogP contribution in [0, 0.1) is 0 Å². The van der Waals surface area contributed by atoms with E-state index in [1.54, 1.807) is 0 Å². The summed E-state index contributed by atoms with van der Waals surface area (Å²) in [5, 5.41) is 0. The fraction of sp³-hybridized carbons (Fsp3) is 0.227. The number of hydrogen-bond donors (Lipinski definition) is 0. The minimum absolute atomic E-state index is 0.479. The molecule has 0 amide bonds. The summed E-state index contributed by atoms with van der Waals surface area (Å²) < 4.78 is 6.65. The first-order valence-electron chi connectivity index (χ1n) is 18.1. The summed E-state index contributed by atoms with van der Waals surface area (Å²) >= 11 is 0. The fourth-order valence-electron chi connectivity index (χ4n) is 7.60. The molecule has 0 saturated heterocycles. The van der Waals surface area contributed by atoms with Crippen LogP contribution >= 0.6 is 0 Å². The van der Waals surface area contributed by atoms with E-state index >= 15 is 0 Å². The van der Waals surface area contributed by atoms with Gasteiger partial charge in [0.2, 0.25) is 0 Å². The Bertz CT molecular complexity index is 1940. The number of nitrogens with zero attached hydrogens (tertiary/aromatic N) is 6. The molecule has 1 saturated carbocycles. The third kappa shape index (κ3) is 6.97. The van der Waals surface area contributed by atoms with E-state index in [9.17, 15) is 0 Å². The summed E-state index contributed by atoms with van der Waals surface area (Å²) in [6.07, 6.45) is 10.8. The van der Waals surface area contributed by atoms with Crippen molar-refractivity contribution in [3.05, 3.63) is 164 Å². The summed E-state index contributed by atoms with van der Waals surface area (Å²) in [5.74, 6) is 3.90. The molecule has 8 rings (SSSR count). The van der Waals surface area contributed by atoms with Gasteiger partial charge in [-0.05, 0) is 73.5 Å². The fourth-order valence-corrected chi connectivity index (χ4v) is 7.60. The molecule has 1 fully saturated rings. The zero-order valence-corrected chi connectivity index (χ0v) is 29.6. The van der Waals surface area contributed by atoms with E-state index in [0.717, 1.165) is 53.4 Å². The Hall–Kier alpha value is -5.82. The highest BCUT2D eigenvalue weighted by atomic mass is 16.5. The van der Waals surface area contributed by atoms with Gasteiger partial charge in [0, 0.05) is 73.1 Å². The molecule has 5 aromatic rings. The van der Waals surface area contributed by atoms with Crippen LogP contribution in [-0.2, 0) is 0 Å². The SMILES string of the molecule is CN1C=C(N(c2ccccc2)c2ccccc2)N(c2cccc(Oc3cccc(N4CN(C)C=C4N(c4ccccc4)C4CCCCC4)c3)c2)C1. The Balaban J connectivity index is 1.07. The molecule has 5 aromatic carbocycles. The van der Waals surface area contributed by atoms with Crippen molar-refractivity contribution in [1.82, 2.24) is 9.80 Å². The molecular formula is C44H46N6O. The van der Waals surface area contributed by atoms with Gasteiger partial charge in [-0.2, -0.15) is 0 Å². The summed E-state index contributed by atoms with van der Waals surface area (Å²) in [5.41, 5.74) is 5.64. The van der Waals surface area contributed by atoms with Crippen LogP contribution in [-0.4, -0.2) is 43.3 Å². The zero-order chi connectivity index (χ0) is 34.6. The Morgan fingerprint density at radius 3 is 1.51 bits per heavy atom. The summed E-state index contributed by atoms with van der Waals surface area (Å²) in [7, 11) is 4.27. The smallest absolute Gasteiger partial charge is 0.136 e. The van der Waals surface area contributed by atoms with E-state index in [4.69, 9.17) is 4.74 Å². The molecule has 2 heterocycles. The second-order valence-electron chi connectivity index (χ2n) is 13.7. The van der Waals surface area contributed by atoms with Gasteiger partial charge >= 0.3 is 0 Å². The van der Waals surface area contributed by atoms with E-state index in [1.165, 1.54) is 43.6 Å². The van der Waals surface area contributed by atoms with Gasteiger partial charge in [0.05, 0.1) is 13.3 Å². The molecule has 1 aliphatic carbocycles. The van der Waals surface area contributed by atoms with Gasteiger partial charge in [0.25, 0.3) is 0 Å². The van der Waals surface area contributed by atoms with Crippen LogP contribution in [0.4, 0.5) is 28.4 Å². The molecule has 0 aromatic heterocycles. The van der Waals surface area contributed by atoms with Gasteiger partial charge in [0.1, 0.15) is 23.1 Å². The average molecular weight is 675 g/mol. The zero-order valence-electron chi connectivity index (χ0n) is 29.6. The summed E-state index contributed by atoms with van der Waals surface area (Å²) in [4.78, 5) is 14.1. The second kappa shape index (κ2) is 14.6. The first kappa shape index (κ1) is 32.4. The van der Waals surface area contributed by atoms with E-state index < -0.39 is 0 Å². The molecule has 0 radical (unpaired) electrons. The first-order valence-corrected chi connectivity index (χ1v) is 18.1. The van der Waals surface area contributed by atoms with Gasteiger partial charge in [-0.1, -0.05) is 86.0 Å². The lowest BCUT2D eigenvalue weighted by Gasteiger charge is -2.39. The number of hydrogen-bond acceptors (Lipinski definition) is 7. The highest BCUT2D eigenvalue weighted by molar-refractivity contribution is 5.73. The number of rotatable bonds is 10. The van der Waals surface area contributed by atoms with Crippen molar-refractivity contribution in [3.8, 4) is 11.5 Å². The Kier molecular flexibility index (Phi) is 9.26. The van der Waals surface area contributed by atoms with Crippen LogP contribution in [0.5, 0.6) is 11.5 Å². The van der Waals surface area contributed by atoms with E-state index in [0.29, 0.717) is 6.04 Å². The molecular weight excluding hydrogens is 629 g/mol. The van der Waals surface area contributed by atoms with E-state index in [1.807, 2.05) is 6.07 Å². The van der Waals surface area contributed by atoms with Gasteiger partial charge in [-0.25, -0.2) is 0 Å². The molecule has 0 bridgehead atoms. The minimum atomic E-state index is 0.479. The Morgan fingerprint density at radius 2 is 0.980 bits per heavy atom. The maximum Gasteiger partial charge on any atom is 0.136 e. The first-order chi connectivity index (χ1) is 25.1. The Morgan fingerprint density at radius 1 is 0.510 bits per heavy atom. The number of ether oxygens (including phenoxy) is 1. The Labute approximate surface area is 302 Å². The van der Waals surface area contributed by atoms with Gasteiger partial charge < -0.3 is 29.2 Å². The van der Waals surface area contributed by atoms with Crippen molar-refractivity contribution in [2.24, 2.45) is 0 Å². The molecule has 7 nitrogen and oxygen atoms in total. The highest BCUT2D eigenvalue weighted by Crippen LogP contribution is 2.39. The maximum absolute atomic E-state index is 6.65.